The molecule has 0 unspecified atom stereocenters. The van der Waals surface area contributed by atoms with Gasteiger partial charge in [0.05, 0.1) is 0 Å². The lowest BCUT2D eigenvalue weighted by Gasteiger charge is -2.22. The molecule has 2 aliphatic rings. The Bertz CT molecular complexity index is 635. The minimum absolute atomic E-state index is 0.116. The molecule has 1 saturated carbocycles. The fourth-order valence-electron chi connectivity index (χ4n) is 4.94. The van der Waals surface area contributed by atoms with Gasteiger partial charge in [0.25, 0.3) is 0 Å². The van der Waals surface area contributed by atoms with Gasteiger partial charge in [-0.2, -0.15) is 0 Å². The Balaban J connectivity index is 2.04. The van der Waals surface area contributed by atoms with E-state index < -0.39 is 0 Å². The normalized spacial score (nSPS) is 26.3. The van der Waals surface area contributed by atoms with Crippen LogP contribution in [0.25, 0.3) is 0 Å². The van der Waals surface area contributed by atoms with Crippen molar-refractivity contribution in [2.24, 2.45) is 17.8 Å². The summed E-state index contributed by atoms with van der Waals surface area (Å²) in [6, 6.07) is 0. The molecule has 30 heavy (non-hydrogen) atoms. The Labute approximate surface area is 181 Å². The van der Waals surface area contributed by atoms with Gasteiger partial charge in [-0.3, -0.25) is 9.59 Å². The van der Waals surface area contributed by atoms with Crippen molar-refractivity contribution in [2.45, 2.75) is 97.2 Å². The SMILES string of the molecule is CCCCC[C@@H](/C=C/[C@@H]1[C@H]2CC(CCCCC=O)=C[C@H]2C[C@H]1OC(C)=O)OC(C)=O. The third-order valence-corrected chi connectivity index (χ3v) is 6.27. The lowest BCUT2D eigenvalue weighted by molar-refractivity contribution is -0.147. The van der Waals surface area contributed by atoms with Crippen LogP contribution in [0.1, 0.15) is 85.0 Å². The molecule has 0 spiro atoms. The van der Waals surface area contributed by atoms with E-state index in [1.165, 1.54) is 19.4 Å². The Hall–Kier alpha value is -1.91. The maximum Gasteiger partial charge on any atom is 0.303 e. The third-order valence-electron chi connectivity index (χ3n) is 6.27. The number of esters is 2. The van der Waals surface area contributed by atoms with Crippen molar-refractivity contribution in [2.75, 3.05) is 0 Å². The molecule has 2 rings (SSSR count). The number of unbranched alkanes of at least 4 members (excludes halogenated alkanes) is 4. The molecule has 5 heteroatoms. The minimum Gasteiger partial charge on any atom is -0.462 e. The Morgan fingerprint density at radius 3 is 2.63 bits per heavy atom. The molecular formula is C25H38O5. The van der Waals surface area contributed by atoms with E-state index in [0.29, 0.717) is 18.3 Å². The molecule has 0 bridgehead atoms. The predicted octanol–water partition coefficient (Wildman–Crippen LogP) is 5.33. The van der Waals surface area contributed by atoms with E-state index in [1.54, 1.807) is 0 Å². The second-order valence-corrected chi connectivity index (χ2v) is 8.76. The highest BCUT2D eigenvalue weighted by atomic mass is 16.5. The standard InChI is InChI=1S/C25H38O5/c1-4-5-7-11-22(29-18(2)27)12-13-23-24-16-20(10-8-6-9-14-26)15-21(24)17-25(23)30-19(3)28/h12-15,21-25H,4-11,16-17H2,1-3H3/b13-12+/t21-,22-,23+,24-,25+/m0/s1. The topological polar surface area (TPSA) is 69.7 Å². The van der Waals surface area contributed by atoms with Crippen molar-refractivity contribution in [3.63, 3.8) is 0 Å². The van der Waals surface area contributed by atoms with E-state index in [4.69, 9.17) is 9.47 Å². The van der Waals surface area contributed by atoms with E-state index in [-0.39, 0.29) is 30.1 Å². The number of hydrogen-bond acceptors (Lipinski definition) is 5. The zero-order chi connectivity index (χ0) is 21.9. The molecule has 0 N–H and O–H groups in total. The van der Waals surface area contributed by atoms with Gasteiger partial charge in [-0.15, -0.1) is 0 Å². The second kappa shape index (κ2) is 12.7. The number of hydrogen-bond donors (Lipinski definition) is 0. The third kappa shape index (κ3) is 7.73. The van der Waals surface area contributed by atoms with E-state index in [1.807, 2.05) is 6.08 Å². The highest BCUT2D eigenvalue weighted by molar-refractivity contribution is 5.66. The van der Waals surface area contributed by atoms with Crippen LogP contribution in [0, 0.1) is 17.8 Å². The van der Waals surface area contributed by atoms with E-state index in [9.17, 15) is 14.4 Å². The molecule has 168 valence electrons. The van der Waals surface area contributed by atoms with Crippen LogP contribution < -0.4 is 0 Å². The summed E-state index contributed by atoms with van der Waals surface area (Å²) in [6.45, 7) is 5.07. The Morgan fingerprint density at radius 2 is 1.97 bits per heavy atom. The molecule has 0 aliphatic heterocycles. The van der Waals surface area contributed by atoms with Crippen LogP contribution in [0.4, 0.5) is 0 Å². The number of rotatable bonds is 13. The van der Waals surface area contributed by atoms with Crippen molar-refractivity contribution < 1.29 is 23.9 Å². The average Bonchev–Trinajstić information content (AvgIpc) is 3.20. The molecule has 0 aromatic heterocycles. The first-order chi connectivity index (χ1) is 14.4. The summed E-state index contributed by atoms with van der Waals surface area (Å²) < 4.78 is 11.2. The van der Waals surface area contributed by atoms with Crippen molar-refractivity contribution in [1.29, 1.82) is 0 Å². The van der Waals surface area contributed by atoms with Crippen LogP contribution in [0.5, 0.6) is 0 Å². The Kier molecular flexibility index (Phi) is 10.3. The zero-order valence-electron chi connectivity index (χ0n) is 18.8. The van der Waals surface area contributed by atoms with Gasteiger partial charge in [0, 0.05) is 26.2 Å². The minimum atomic E-state index is -0.262. The summed E-state index contributed by atoms with van der Waals surface area (Å²) in [5.41, 5.74) is 1.47. The lowest BCUT2D eigenvalue weighted by atomic mass is 9.88. The van der Waals surface area contributed by atoms with Crippen molar-refractivity contribution in [3.05, 3.63) is 23.8 Å². The van der Waals surface area contributed by atoms with Gasteiger partial charge in [0.15, 0.2) is 0 Å². The summed E-state index contributed by atoms with van der Waals surface area (Å²) in [7, 11) is 0. The summed E-state index contributed by atoms with van der Waals surface area (Å²) in [4.78, 5) is 33.6. The predicted molar refractivity (Wildman–Crippen MR) is 117 cm³/mol. The highest BCUT2D eigenvalue weighted by Gasteiger charge is 2.45. The molecule has 0 saturated heterocycles. The van der Waals surface area contributed by atoms with Crippen LogP contribution in [0.2, 0.25) is 0 Å². The fourth-order valence-corrected chi connectivity index (χ4v) is 4.94. The van der Waals surface area contributed by atoms with Gasteiger partial charge >= 0.3 is 11.9 Å². The first kappa shape index (κ1) is 24.4. The number of aldehydes is 1. The molecule has 0 aromatic carbocycles. The largest absolute Gasteiger partial charge is 0.462 e. The summed E-state index contributed by atoms with van der Waals surface area (Å²) in [5, 5.41) is 0. The van der Waals surface area contributed by atoms with Gasteiger partial charge in [0.2, 0.25) is 0 Å². The van der Waals surface area contributed by atoms with Crippen molar-refractivity contribution in [3.8, 4) is 0 Å². The highest BCUT2D eigenvalue weighted by Crippen LogP contribution is 2.49. The van der Waals surface area contributed by atoms with E-state index in [0.717, 1.165) is 64.1 Å². The summed E-state index contributed by atoms with van der Waals surface area (Å²) in [6.07, 6.45) is 16.8. The quantitative estimate of drug-likeness (QED) is 0.175. The summed E-state index contributed by atoms with van der Waals surface area (Å²) >= 11 is 0. The molecule has 0 radical (unpaired) electrons. The van der Waals surface area contributed by atoms with Gasteiger partial charge in [-0.25, -0.2) is 0 Å². The summed E-state index contributed by atoms with van der Waals surface area (Å²) in [5.74, 6) is 0.502. The molecular weight excluding hydrogens is 380 g/mol. The first-order valence-corrected chi connectivity index (χ1v) is 11.6. The fraction of sp³-hybridized carbons (Fsp3) is 0.720. The molecule has 2 aliphatic carbocycles. The van der Waals surface area contributed by atoms with Crippen LogP contribution >= 0.6 is 0 Å². The molecule has 0 amide bonds. The zero-order valence-corrected chi connectivity index (χ0v) is 18.8. The van der Waals surface area contributed by atoms with E-state index in [2.05, 4.69) is 19.1 Å². The van der Waals surface area contributed by atoms with Crippen LogP contribution in [-0.2, 0) is 23.9 Å². The number of fused-ring (bicyclic) bond motifs is 1. The monoisotopic (exact) mass is 418 g/mol. The van der Waals surface area contributed by atoms with Crippen LogP contribution in [0.3, 0.4) is 0 Å². The van der Waals surface area contributed by atoms with Crippen molar-refractivity contribution >= 4 is 18.2 Å². The van der Waals surface area contributed by atoms with Crippen molar-refractivity contribution in [1.82, 2.24) is 0 Å². The molecule has 5 atom stereocenters. The maximum absolute atomic E-state index is 11.6. The average molecular weight is 419 g/mol. The van der Waals surface area contributed by atoms with Crippen LogP contribution in [0.15, 0.2) is 23.8 Å². The molecule has 5 nitrogen and oxygen atoms in total. The van der Waals surface area contributed by atoms with Gasteiger partial charge in [-0.05, 0) is 62.9 Å². The van der Waals surface area contributed by atoms with E-state index >= 15 is 0 Å². The lowest BCUT2D eigenvalue weighted by Crippen LogP contribution is -2.24. The number of carbonyl (C=O) groups is 3. The molecule has 1 fully saturated rings. The molecule has 0 heterocycles. The molecule has 0 aromatic rings. The maximum atomic E-state index is 11.6. The van der Waals surface area contributed by atoms with Gasteiger partial charge in [-0.1, -0.05) is 37.5 Å². The van der Waals surface area contributed by atoms with Gasteiger partial charge in [0.1, 0.15) is 18.5 Å². The number of allylic oxidation sites excluding steroid dienone is 2. The first-order valence-electron chi connectivity index (χ1n) is 11.6. The Morgan fingerprint density at radius 1 is 1.17 bits per heavy atom. The van der Waals surface area contributed by atoms with Crippen LogP contribution in [-0.4, -0.2) is 30.4 Å². The smallest absolute Gasteiger partial charge is 0.303 e. The number of carbonyl (C=O) groups excluding carboxylic acids is 3. The number of ether oxygens (including phenoxy) is 2. The second-order valence-electron chi connectivity index (χ2n) is 8.76. The van der Waals surface area contributed by atoms with Gasteiger partial charge < -0.3 is 14.3 Å².